The van der Waals surface area contributed by atoms with Gasteiger partial charge in [0.1, 0.15) is 12.4 Å². The lowest BCUT2D eigenvalue weighted by molar-refractivity contribution is -0.152. The van der Waals surface area contributed by atoms with Gasteiger partial charge in [0, 0.05) is 22.7 Å². The van der Waals surface area contributed by atoms with E-state index in [0.717, 1.165) is 32.1 Å². The van der Waals surface area contributed by atoms with Gasteiger partial charge in [-0.25, -0.2) is 0 Å². The van der Waals surface area contributed by atoms with Gasteiger partial charge in [0.05, 0.1) is 0 Å². The highest BCUT2D eigenvalue weighted by molar-refractivity contribution is 6.30. The summed E-state index contributed by atoms with van der Waals surface area (Å²) in [5.74, 6) is 0.378. The van der Waals surface area contributed by atoms with E-state index in [9.17, 15) is 9.59 Å². The van der Waals surface area contributed by atoms with E-state index in [1.54, 1.807) is 24.3 Å². The minimum absolute atomic E-state index is 0.0337. The molecule has 6 nitrogen and oxygen atoms in total. The topological polar surface area (TPSA) is 76.7 Å². The minimum atomic E-state index is -0.184. The summed E-state index contributed by atoms with van der Waals surface area (Å²) in [6.07, 6.45) is 4.33. The van der Waals surface area contributed by atoms with Gasteiger partial charge in [-0.05, 0) is 49.9 Å². The molecule has 142 valence electrons. The molecule has 0 atom stereocenters. The zero-order valence-corrected chi connectivity index (χ0v) is 15.7. The Hall–Kier alpha value is -1.79. The maximum atomic E-state index is 12.1. The summed E-state index contributed by atoms with van der Waals surface area (Å²) in [6, 6.07) is 6.89. The molecule has 1 aromatic carbocycles. The highest BCUT2D eigenvalue weighted by Crippen LogP contribution is 2.60. The Kier molecular flexibility index (Phi) is 5.73. The van der Waals surface area contributed by atoms with Crippen LogP contribution in [0.2, 0.25) is 5.02 Å². The molecule has 0 aliphatic heterocycles. The molecule has 3 fully saturated rings. The van der Waals surface area contributed by atoms with Crippen LogP contribution in [-0.2, 0) is 14.3 Å². The highest BCUT2D eigenvalue weighted by Gasteiger charge is 2.69. The van der Waals surface area contributed by atoms with E-state index < -0.39 is 0 Å². The zero-order valence-electron chi connectivity index (χ0n) is 15.0. The molecule has 2 amide bonds. The maximum Gasteiger partial charge on any atom is 0.258 e. The van der Waals surface area contributed by atoms with Crippen molar-refractivity contribution in [2.24, 2.45) is 0 Å². The Morgan fingerprint density at radius 3 is 2.19 bits per heavy atom. The van der Waals surface area contributed by atoms with Crippen molar-refractivity contribution in [2.45, 2.75) is 50.1 Å². The number of benzene rings is 1. The fourth-order valence-electron chi connectivity index (χ4n) is 3.81. The number of rotatable bonds is 10. The number of hydrogen-bond acceptors (Lipinski definition) is 4. The number of halogens is 1. The largest absolute Gasteiger partial charge is 0.484 e. The van der Waals surface area contributed by atoms with Crippen LogP contribution in [0.5, 0.6) is 5.75 Å². The van der Waals surface area contributed by atoms with E-state index >= 15 is 0 Å². The molecule has 0 radical (unpaired) electrons. The summed E-state index contributed by atoms with van der Waals surface area (Å²) < 4.78 is 10.8. The monoisotopic (exact) mass is 380 g/mol. The second-order valence-electron chi connectivity index (χ2n) is 7.34. The van der Waals surface area contributed by atoms with Crippen LogP contribution in [0.1, 0.15) is 39.0 Å². The van der Waals surface area contributed by atoms with Gasteiger partial charge in [-0.3, -0.25) is 9.59 Å². The number of nitrogens with one attached hydrogen (secondary N) is 2. The molecule has 0 unspecified atom stereocenters. The lowest BCUT2D eigenvalue weighted by atomic mass is 9.44. The normalized spacial score (nSPS) is 25.6. The van der Waals surface area contributed by atoms with Crippen molar-refractivity contribution < 1.29 is 19.1 Å². The minimum Gasteiger partial charge on any atom is -0.484 e. The summed E-state index contributed by atoms with van der Waals surface area (Å²) in [6.45, 7) is 2.77. The van der Waals surface area contributed by atoms with Crippen molar-refractivity contribution in [3.63, 3.8) is 0 Å². The summed E-state index contributed by atoms with van der Waals surface area (Å²) in [5, 5.41) is 6.69. The Morgan fingerprint density at radius 1 is 1.04 bits per heavy atom. The molecule has 3 saturated carbocycles. The first-order valence-electron chi connectivity index (χ1n) is 9.02. The molecular formula is C19H25ClN2O4. The quantitative estimate of drug-likeness (QED) is 0.611. The fourth-order valence-corrected chi connectivity index (χ4v) is 3.93. The molecule has 0 aromatic heterocycles. The molecule has 7 heteroatoms. The van der Waals surface area contributed by atoms with E-state index in [2.05, 4.69) is 17.6 Å². The van der Waals surface area contributed by atoms with Crippen molar-refractivity contribution in [1.82, 2.24) is 10.6 Å². The molecule has 2 N–H and O–H groups in total. The van der Waals surface area contributed by atoms with Crippen molar-refractivity contribution in [3.8, 4) is 5.75 Å². The van der Waals surface area contributed by atoms with Crippen molar-refractivity contribution >= 4 is 23.4 Å². The first kappa shape index (κ1) is 19.0. The molecule has 3 aliphatic rings. The van der Waals surface area contributed by atoms with E-state index in [1.807, 2.05) is 0 Å². The van der Waals surface area contributed by atoms with Gasteiger partial charge >= 0.3 is 0 Å². The first-order chi connectivity index (χ1) is 12.4. The average Bonchev–Trinajstić information content (AvgIpc) is 2.55. The summed E-state index contributed by atoms with van der Waals surface area (Å²) in [5.41, 5.74) is -0.341. The first-order valence-corrected chi connectivity index (χ1v) is 9.40. The van der Waals surface area contributed by atoms with Gasteiger partial charge < -0.3 is 20.1 Å². The molecule has 0 saturated heterocycles. The van der Waals surface area contributed by atoms with Crippen LogP contribution in [0.25, 0.3) is 0 Å². The van der Waals surface area contributed by atoms with E-state index in [0.29, 0.717) is 17.4 Å². The van der Waals surface area contributed by atoms with Crippen molar-refractivity contribution in [1.29, 1.82) is 0 Å². The SMILES string of the molecule is CCCCOCC(=O)NC12CC(NC(=O)COc3ccc(Cl)cc3)(C1)C2. The van der Waals surface area contributed by atoms with Crippen molar-refractivity contribution in [3.05, 3.63) is 29.3 Å². The third kappa shape index (κ3) is 4.48. The van der Waals surface area contributed by atoms with Crippen LogP contribution in [0.4, 0.5) is 0 Å². The number of amides is 2. The van der Waals surface area contributed by atoms with Gasteiger partial charge in [-0.1, -0.05) is 24.9 Å². The van der Waals surface area contributed by atoms with Gasteiger partial charge in [0.25, 0.3) is 5.91 Å². The molecule has 0 heterocycles. The molecule has 26 heavy (non-hydrogen) atoms. The second kappa shape index (κ2) is 7.84. The smallest absolute Gasteiger partial charge is 0.258 e. The molecular weight excluding hydrogens is 356 g/mol. The van der Waals surface area contributed by atoms with Crippen LogP contribution in [0.3, 0.4) is 0 Å². The Bertz CT molecular complexity index is 642. The number of unbranched alkanes of at least 4 members (excludes halogenated alkanes) is 1. The van der Waals surface area contributed by atoms with Gasteiger partial charge in [-0.2, -0.15) is 0 Å². The van der Waals surface area contributed by atoms with Crippen LogP contribution >= 0.6 is 11.6 Å². The van der Waals surface area contributed by atoms with Crippen LogP contribution in [0, 0.1) is 0 Å². The number of hydrogen-bond donors (Lipinski definition) is 2. The van der Waals surface area contributed by atoms with Gasteiger partial charge in [0.15, 0.2) is 6.61 Å². The van der Waals surface area contributed by atoms with Crippen molar-refractivity contribution in [2.75, 3.05) is 19.8 Å². The Balaban J connectivity index is 1.33. The lowest BCUT2D eigenvalue weighted by Crippen LogP contribution is -2.84. The standard InChI is InChI=1S/C19H25ClN2O4/c1-2-3-8-25-9-16(23)21-18-11-19(12-18,13-18)22-17(24)10-26-15-6-4-14(20)5-7-15/h4-7H,2-3,8-13H2,1H3,(H,21,23)(H,22,24). The maximum absolute atomic E-state index is 12.1. The molecule has 4 rings (SSSR count). The van der Waals surface area contributed by atoms with Crippen LogP contribution in [0.15, 0.2) is 24.3 Å². The molecule has 0 spiro atoms. The van der Waals surface area contributed by atoms with Gasteiger partial charge in [0.2, 0.25) is 5.91 Å². The third-order valence-electron chi connectivity index (χ3n) is 4.90. The van der Waals surface area contributed by atoms with E-state index in [-0.39, 0.29) is 36.1 Å². The molecule has 1 aromatic rings. The Labute approximate surface area is 158 Å². The van der Waals surface area contributed by atoms with E-state index in [1.165, 1.54) is 0 Å². The summed E-state index contributed by atoms with van der Waals surface area (Å²) in [4.78, 5) is 24.0. The Morgan fingerprint density at radius 2 is 1.62 bits per heavy atom. The summed E-state index contributed by atoms with van der Waals surface area (Å²) in [7, 11) is 0. The zero-order chi connectivity index (χ0) is 18.6. The molecule has 2 bridgehead atoms. The van der Waals surface area contributed by atoms with Crippen LogP contribution in [-0.4, -0.2) is 42.7 Å². The summed E-state index contributed by atoms with van der Waals surface area (Å²) >= 11 is 5.81. The van der Waals surface area contributed by atoms with Crippen LogP contribution < -0.4 is 15.4 Å². The number of carbonyl (C=O) groups is 2. The predicted molar refractivity (Wildman–Crippen MR) is 98.3 cm³/mol. The number of ether oxygens (including phenoxy) is 2. The average molecular weight is 381 g/mol. The second-order valence-corrected chi connectivity index (χ2v) is 7.77. The third-order valence-corrected chi connectivity index (χ3v) is 5.15. The van der Waals surface area contributed by atoms with E-state index in [4.69, 9.17) is 21.1 Å². The lowest BCUT2D eigenvalue weighted by Gasteiger charge is -2.70. The van der Waals surface area contributed by atoms with Gasteiger partial charge in [-0.15, -0.1) is 0 Å². The molecule has 3 aliphatic carbocycles. The fraction of sp³-hybridized carbons (Fsp3) is 0.579. The highest BCUT2D eigenvalue weighted by atomic mass is 35.5. The predicted octanol–water partition coefficient (Wildman–Crippen LogP) is 2.44. The number of carbonyl (C=O) groups excluding carboxylic acids is 2.